The first-order valence-electron chi connectivity index (χ1n) is 4.47. The van der Waals surface area contributed by atoms with E-state index in [-0.39, 0.29) is 0 Å². The summed E-state index contributed by atoms with van der Waals surface area (Å²) in [4.78, 5) is 4.34. The van der Waals surface area contributed by atoms with Gasteiger partial charge in [0, 0.05) is 12.4 Å². The molecule has 0 saturated carbocycles. The number of nitrogens with zero attached hydrogens (tertiary/aromatic N) is 1. The van der Waals surface area contributed by atoms with Crippen molar-refractivity contribution in [2.45, 2.75) is 18.9 Å². The number of hydrogen-bond acceptors (Lipinski definition) is 4. The van der Waals surface area contributed by atoms with E-state index in [2.05, 4.69) is 10.3 Å². The molecule has 12 heavy (non-hydrogen) atoms. The van der Waals surface area contributed by atoms with Crippen LogP contribution in [0.2, 0.25) is 0 Å². The van der Waals surface area contributed by atoms with Crippen molar-refractivity contribution < 1.29 is 4.74 Å². The van der Waals surface area contributed by atoms with Crippen molar-refractivity contribution in [2.24, 2.45) is 4.99 Å². The topological polar surface area (TPSA) is 33.6 Å². The highest BCUT2D eigenvalue weighted by Gasteiger charge is 2.16. The zero-order valence-corrected chi connectivity index (χ0v) is 7.90. The van der Waals surface area contributed by atoms with Gasteiger partial charge in [0.15, 0.2) is 5.17 Å². The molecule has 0 radical (unpaired) electrons. The van der Waals surface area contributed by atoms with Crippen molar-refractivity contribution in [2.75, 3.05) is 25.5 Å². The molecule has 1 N–H and O–H groups in total. The molecule has 2 rings (SSSR count). The van der Waals surface area contributed by atoms with Gasteiger partial charge in [-0.15, -0.1) is 0 Å². The Balaban J connectivity index is 1.77. The lowest BCUT2D eigenvalue weighted by Gasteiger charge is -2.23. The van der Waals surface area contributed by atoms with Crippen molar-refractivity contribution in [1.82, 2.24) is 5.32 Å². The highest BCUT2D eigenvalue weighted by Crippen LogP contribution is 2.12. The summed E-state index contributed by atoms with van der Waals surface area (Å²) in [7, 11) is 0. The van der Waals surface area contributed by atoms with Gasteiger partial charge in [0.2, 0.25) is 0 Å². The first kappa shape index (κ1) is 8.38. The summed E-state index contributed by atoms with van der Waals surface area (Å²) in [5.74, 6) is 1.13. The lowest BCUT2D eigenvalue weighted by atomic mass is 10.1. The maximum atomic E-state index is 5.37. The third-order valence-electron chi connectivity index (χ3n) is 2.07. The largest absolute Gasteiger partial charge is 0.379 e. The highest BCUT2D eigenvalue weighted by molar-refractivity contribution is 8.14. The van der Waals surface area contributed by atoms with Gasteiger partial charge in [-0.3, -0.25) is 4.99 Å². The molecule has 0 aromatic heterocycles. The molecular formula is C8H14N2OS. The van der Waals surface area contributed by atoms with Crippen LogP contribution in [0.1, 0.15) is 12.8 Å². The summed E-state index contributed by atoms with van der Waals surface area (Å²) in [5, 5.41) is 4.52. The van der Waals surface area contributed by atoms with Crippen LogP contribution in [0.25, 0.3) is 0 Å². The fraction of sp³-hybridized carbons (Fsp3) is 0.875. The van der Waals surface area contributed by atoms with Gasteiger partial charge in [0.1, 0.15) is 0 Å². The second kappa shape index (κ2) is 4.14. The van der Waals surface area contributed by atoms with Crippen LogP contribution in [0.5, 0.6) is 0 Å². The molecule has 1 atom stereocenters. The minimum atomic E-state index is 0.503. The van der Waals surface area contributed by atoms with Crippen LogP contribution in [0, 0.1) is 0 Å². The zero-order chi connectivity index (χ0) is 8.23. The minimum Gasteiger partial charge on any atom is -0.379 e. The number of hydrogen-bond donors (Lipinski definition) is 1. The quantitative estimate of drug-likeness (QED) is 0.659. The Morgan fingerprint density at radius 3 is 3.25 bits per heavy atom. The second-order valence-electron chi connectivity index (χ2n) is 3.09. The normalized spacial score (nSPS) is 30.0. The summed E-state index contributed by atoms with van der Waals surface area (Å²) in [5.41, 5.74) is 0. The predicted octanol–water partition coefficient (Wildman–Crippen LogP) is 0.858. The van der Waals surface area contributed by atoms with Crippen LogP contribution < -0.4 is 5.32 Å². The Labute approximate surface area is 77.0 Å². The van der Waals surface area contributed by atoms with Crippen molar-refractivity contribution in [3.63, 3.8) is 0 Å². The van der Waals surface area contributed by atoms with E-state index in [9.17, 15) is 0 Å². The van der Waals surface area contributed by atoms with Gasteiger partial charge in [-0.25, -0.2) is 0 Å². The van der Waals surface area contributed by atoms with Crippen LogP contribution >= 0.6 is 11.8 Å². The van der Waals surface area contributed by atoms with E-state index < -0.39 is 0 Å². The Morgan fingerprint density at radius 1 is 1.58 bits per heavy atom. The number of aliphatic imine (C=N–C) groups is 1. The maximum Gasteiger partial charge on any atom is 0.156 e. The van der Waals surface area contributed by atoms with E-state index in [0.29, 0.717) is 6.04 Å². The van der Waals surface area contributed by atoms with Gasteiger partial charge >= 0.3 is 0 Å². The molecule has 0 spiro atoms. The monoisotopic (exact) mass is 186 g/mol. The number of amidine groups is 1. The van der Waals surface area contributed by atoms with Crippen LogP contribution in [-0.4, -0.2) is 36.7 Å². The van der Waals surface area contributed by atoms with Gasteiger partial charge in [-0.2, -0.15) is 0 Å². The summed E-state index contributed by atoms with van der Waals surface area (Å²) < 4.78 is 5.37. The Hall–Kier alpha value is -0.220. The molecule has 1 fully saturated rings. The molecular weight excluding hydrogens is 172 g/mol. The fourth-order valence-corrected chi connectivity index (χ4v) is 2.26. The average Bonchev–Trinajstić information content (AvgIpc) is 2.59. The van der Waals surface area contributed by atoms with Crippen LogP contribution in [-0.2, 0) is 4.74 Å². The molecule has 2 aliphatic rings. The van der Waals surface area contributed by atoms with E-state index in [1.807, 2.05) is 11.8 Å². The smallest absolute Gasteiger partial charge is 0.156 e. The number of thioether (sulfide) groups is 1. The first-order chi connectivity index (χ1) is 5.95. The zero-order valence-electron chi connectivity index (χ0n) is 7.08. The molecule has 4 heteroatoms. The van der Waals surface area contributed by atoms with Gasteiger partial charge in [0.05, 0.1) is 19.2 Å². The second-order valence-corrected chi connectivity index (χ2v) is 4.18. The van der Waals surface area contributed by atoms with Crippen molar-refractivity contribution in [1.29, 1.82) is 0 Å². The third-order valence-corrected chi connectivity index (χ3v) is 2.98. The molecule has 68 valence electrons. The summed E-state index contributed by atoms with van der Waals surface area (Å²) in [6.07, 6.45) is 2.40. The molecule has 0 amide bonds. The summed E-state index contributed by atoms with van der Waals surface area (Å²) in [6.45, 7) is 2.75. The van der Waals surface area contributed by atoms with Gasteiger partial charge in [-0.05, 0) is 12.8 Å². The number of nitrogens with one attached hydrogen (secondary N) is 1. The van der Waals surface area contributed by atoms with Crippen LogP contribution in [0.3, 0.4) is 0 Å². The number of rotatable bonds is 1. The van der Waals surface area contributed by atoms with E-state index >= 15 is 0 Å². The summed E-state index contributed by atoms with van der Waals surface area (Å²) in [6, 6.07) is 0.503. The average molecular weight is 186 g/mol. The molecule has 1 unspecified atom stereocenters. The van der Waals surface area contributed by atoms with Gasteiger partial charge in [0.25, 0.3) is 0 Å². The molecule has 3 nitrogen and oxygen atoms in total. The van der Waals surface area contributed by atoms with Gasteiger partial charge < -0.3 is 10.1 Å². The lowest BCUT2D eigenvalue weighted by Crippen LogP contribution is -2.38. The van der Waals surface area contributed by atoms with E-state index in [0.717, 1.165) is 30.7 Å². The molecule has 0 bridgehead atoms. The van der Waals surface area contributed by atoms with Crippen molar-refractivity contribution >= 4 is 16.9 Å². The van der Waals surface area contributed by atoms with Crippen LogP contribution in [0.15, 0.2) is 4.99 Å². The van der Waals surface area contributed by atoms with E-state index in [1.165, 1.54) is 12.8 Å². The fourth-order valence-electron chi connectivity index (χ4n) is 1.45. The van der Waals surface area contributed by atoms with E-state index in [1.54, 1.807) is 0 Å². The lowest BCUT2D eigenvalue weighted by molar-refractivity contribution is 0.0767. The Morgan fingerprint density at radius 2 is 2.58 bits per heavy atom. The molecule has 0 aliphatic carbocycles. The third kappa shape index (κ3) is 2.14. The number of ether oxygens (including phenoxy) is 1. The molecule has 2 heterocycles. The highest BCUT2D eigenvalue weighted by atomic mass is 32.2. The van der Waals surface area contributed by atoms with Gasteiger partial charge in [-0.1, -0.05) is 11.8 Å². The maximum absolute atomic E-state index is 5.37. The Bertz CT molecular complexity index is 178. The van der Waals surface area contributed by atoms with Crippen LogP contribution in [0.4, 0.5) is 0 Å². The van der Waals surface area contributed by atoms with Crippen molar-refractivity contribution in [3.05, 3.63) is 0 Å². The first-order valence-corrected chi connectivity index (χ1v) is 5.45. The molecule has 0 aromatic carbocycles. The predicted molar refractivity (Wildman–Crippen MR) is 51.7 cm³/mol. The molecule has 1 saturated heterocycles. The molecule has 2 aliphatic heterocycles. The standard InChI is InChI=1S/C8H14N2OS/c1-2-7(6-11-4-1)10-8-9-3-5-12-8/h7H,1-6H2,(H,9,10). The Kier molecular flexibility index (Phi) is 2.89. The molecule has 0 aromatic rings. The van der Waals surface area contributed by atoms with E-state index in [4.69, 9.17) is 4.74 Å². The van der Waals surface area contributed by atoms with Crippen molar-refractivity contribution in [3.8, 4) is 0 Å². The minimum absolute atomic E-state index is 0.503. The SMILES string of the molecule is C1COCC(NC2=NCCS2)C1. The summed E-state index contributed by atoms with van der Waals surface area (Å²) >= 11 is 1.82.